The molecule has 14 nitrogen and oxygen atoms in total. The van der Waals surface area contributed by atoms with Gasteiger partial charge < -0.3 is 59.5 Å². The molecule has 0 amide bonds. The lowest BCUT2D eigenvalue weighted by molar-refractivity contribution is -0.323. The summed E-state index contributed by atoms with van der Waals surface area (Å²) >= 11 is 0. The third-order valence-electron chi connectivity index (χ3n) is 7.31. The Bertz CT molecular complexity index is 1550. The second-order valence-electron chi connectivity index (χ2n) is 10.0. The van der Waals surface area contributed by atoms with E-state index in [4.69, 9.17) is 18.6 Å². The molecule has 5 rings (SSSR count). The molecule has 2 aromatic carbocycles. The Hall–Kier alpha value is -3.76. The van der Waals surface area contributed by atoms with Crippen LogP contribution in [-0.4, -0.2) is 95.7 Å². The number of aromatic hydroxyl groups is 4. The van der Waals surface area contributed by atoms with Gasteiger partial charge >= 0.3 is 0 Å². The average molecular weight is 577 g/mol. The Labute approximate surface area is 230 Å². The molecule has 2 saturated heterocycles. The molecule has 3 heterocycles. The van der Waals surface area contributed by atoms with Crippen LogP contribution in [0.2, 0.25) is 0 Å². The number of benzene rings is 2. The topological polar surface area (TPSA) is 237 Å². The van der Waals surface area contributed by atoms with Crippen LogP contribution in [0.4, 0.5) is 0 Å². The van der Waals surface area contributed by atoms with Crippen LogP contribution in [-0.2, 0) is 19.0 Å². The quantitative estimate of drug-likeness (QED) is 0.189. The maximum atomic E-state index is 13.1. The Morgan fingerprint density at radius 2 is 1.51 bits per heavy atom. The molecule has 9 atom stereocenters. The molecule has 14 heteroatoms. The van der Waals surface area contributed by atoms with Gasteiger partial charge in [-0.15, -0.1) is 0 Å². The summed E-state index contributed by atoms with van der Waals surface area (Å²) in [6, 6.07) is 5.69. The fourth-order valence-corrected chi connectivity index (χ4v) is 5.00. The molecule has 0 saturated carbocycles. The van der Waals surface area contributed by atoms with Crippen molar-refractivity contribution in [2.24, 2.45) is 0 Å². The number of hydrogen-bond acceptors (Lipinski definition) is 14. The van der Waals surface area contributed by atoms with E-state index in [-0.39, 0.29) is 16.9 Å². The number of carbonyl (C=O) groups excluding carboxylic acids is 1. The fraction of sp³-hybridized carbons (Fsp3) is 0.407. The van der Waals surface area contributed by atoms with E-state index in [1.165, 1.54) is 26.0 Å². The van der Waals surface area contributed by atoms with Crippen molar-refractivity contribution in [3.8, 4) is 34.3 Å². The molecule has 2 aliphatic heterocycles. The molecular weight excluding hydrogens is 548 g/mol. The molecule has 0 bridgehead atoms. The van der Waals surface area contributed by atoms with Gasteiger partial charge in [0, 0.05) is 17.7 Å². The van der Waals surface area contributed by atoms with Crippen molar-refractivity contribution in [3.63, 3.8) is 0 Å². The molecule has 3 aromatic rings. The van der Waals surface area contributed by atoms with Crippen LogP contribution in [0.5, 0.6) is 23.0 Å². The van der Waals surface area contributed by atoms with Crippen molar-refractivity contribution in [2.75, 3.05) is 0 Å². The number of carbonyl (C=O) groups is 1. The zero-order valence-corrected chi connectivity index (χ0v) is 21.6. The normalized spacial score (nSPS) is 32.3. The van der Waals surface area contributed by atoms with Gasteiger partial charge in [-0.3, -0.25) is 9.59 Å². The third kappa shape index (κ3) is 4.89. The first-order valence-corrected chi connectivity index (χ1v) is 12.6. The minimum absolute atomic E-state index is 0.0626. The van der Waals surface area contributed by atoms with Gasteiger partial charge in [0.05, 0.1) is 11.7 Å². The van der Waals surface area contributed by atoms with E-state index >= 15 is 0 Å². The zero-order valence-electron chi connectivity index (χ0n) is 21.6. The van der Waals surface area contributed by atoms with E-state index in [0.717, 1.165) is 18.2 Å². The second-order valence-corrected chi connectivity index (χ2v) is 10.0. The van der Waals surface area contributed by atoms with Crippen LogP contribution in [0.15, 0.2) is 39.5 Å². The Morgan fingerprint density at radius 1 is 0.805 bits per heavy atom. The lowest BCUT2D eigenvalue weighted by Gasteiger charge is -2.44. The lowest BCUT2D eigenvalue weighted by Crippen LogP contribution is -2.60. The van der Waals surface area contributed by atoms with E-state index in [1.807, 2.05) is 0 Å². The Balaban J connectivity index is 1.58. The predicted molar refractivity (Wildman–Crippen MR) is 136 cm³/mol. The highest BCUT2D eigenvalue weighted by Crippen LogP contribution is 2.45. The summed E-state index contributed by atoms with van der Waals surface area (Å²) in [4.78, 5) is 25.7. The summed E-state index contributed by atoms with van der Waals surface area (Å²) in [5.74, 6) is -3.25. The van der Waals surface area contributed by atoms with Crippen LogP contribution >= 0.6 is 0 Å². The predicted octanol–water partition coefficient (Wildman–Crippen LogP) is -0.115. The Morgan fingerprint density at radius 3 is 2.20 bits per heavy atom. The first-order valence-electron chi connectivity index (χ1n) is 12.6. The molecule has 0 unspecified atom stereocenters. The maximum Gasteiger partial charge on any atom is 0.197 e. The fourth-order valence-electron chi connectivity index (χ4n) is 5.00. The van der Waals surface area contributed by atoms with Crippen LogP contribution in [0.25, 0.3) is 22.3 Å². The zero-order chi connectivity index (χ0) is 29.9. The van der Waals surface area contributed by atoms with Crippen molar-refractivity contribution in [1.82, 2.24) is 0 Å². The largest absolute Gasteiger partial charge is 0.507 e. The number of ether oxygens (including phenoxy) is 3. The van der Waals surface area contributed by atoms with Crippen molar-refractivity contribution in [1.29, 1.82) is 0 Å². The van der Waals surface area contributed by atoms with Gasteiger partial charge in [-0.1, -0.05) is 0 Å². The molecular formula is C27H28O14. The van der Waals surface area contributed by atoms with Crippen LogP contribution in [0.1, 0.15) is 25.5 Å². The summed E-state index contributed by atoms with van der Waals surface area (Å²) in [5, 5.41) is 82.5. The molecule has 0 spiro atoms. The molecule has 220 valence electrons. The summed E-state index contributed by atoms with van der Waals surface area (Å²) in [7, 11) is 0. The highest BCUT2D eigenvalue weighted by Gasteiger charge is 2.50. The lowest BCUT2D eigenvalue weighted by atomic mass is 9.90. The first kappa shape index (κ1) is 28.8. The van der Waals surface area contributed by atoms with Crippen molar-refractivity contribution >= 4 is 16.8 Å². The number of rotatable bonds is 4. The van der Waals surface area contributed by atoms with Crippen LogP contribution in [0.3, 0.4) is 0 Å². The van der Waals surface area contributed by atoms with E-state index in [1.54, 1.807) is 0 Å². The van der Waals surface area contributed by atoms with Crippen LogP contribution in [0, 0.1) is 0 Å². The van der Waals surface area contributed by atoms with Crippen molar-refractivity contribution < 1.29 is 64.3 Å². The van der Waals surface area contributed by atoms with Gasteiger partial charge in [0.15, 0.2) is 29.0 Å². The summed E-state index contributed by atoms with van der Waals surface area (Å²) < 4.78 is 22.5. The minimum Gasteiger partial charge on any atom is -0.507 e. The SMILES string of the molecule is C[C@@H]1O[C@@H](O[C@@H]2[C@@H](O)C(=O)[C@@H](C)O[C@H]2c2c(O)cc3oc(-c4ccc(O)c(O)c4)cc(=O)c3c2O)[C@H](O)[C@H](O)[C@H]1O. The number of aliphatic hydroxyl groups is 4. The summed E-state index contributed by atoms with van der Waals surface area (Å²) in [6.07, 6.45) is -14.2. The van der Waals surface area contributed by atoms with Crippen molar-refractivity contribution in [2.45, 2.75) is 69.0 Å². The van der Waals surface area contributed by atoms with E-state index < -0.39 is 100 Å². The number of hydrogen-bond donors (Lipinski definition) is 8. The highest BCUT2D eigenvalue weighted by atomic mass is 16.7. The molecule has 2 fully saturated rings. The smallest absolute Gasteiger partial charge is 0.197 e. The number of aliphatic hydroxyl groups excluding tert-OH is 4. The van der Waals surface area contributed by atoms with E-state index in [0.29, 0.717) is 0 Å². The number of phenols is 4. The molecule has 0 radical (unpaired) electrons. The van der Waals surface area contributed by atoms with Gasteiger partial charge in [-0.05, 0) is 32.0 Å². The summed E-state index contributed by atoms with van der Waals surface area (Å²) in [6.45, 7) is 2.70. The number of fused-ring (bicyclic) bond motifs is 1. The molecule has 2 aliphatic rings. The first-order chi connectivity index (χ1) is 19.3. The molecule has 0 aliphatic carbocycles. The van der Waals surface area contributed by atoms with E-state index in [2.05, 4.69) is 0 Å². The second kappa shape index (κ2) is 10.6. The van der Waals surface area contributed by atoms with Gasteiger partial charge in [-0.25, -0.2) is 0 Å². The molecule has 8 N–H and O–H groups in total. The Kier molecular flexibility index (Phi) is 7.42. The van der Waals surface area contributed by atoms with Gasteiger partial charge in [-0.2, -0.15) is 0 Å². The van der Waals surface area contributed by atoms with Crippen molar-refractivity contribution in [3.05, 3.63) is 46.1 Å². The van der Waals surface area contributed by atoms with Gasteiger partial charge in [0.2, 0.25) is 0 Å². The van der Waals surface area contributed by atoms with E-state index in [9.17, 15) is 50.4 Å². The average Bonchev–Trinajstić information content (AvgIpc) is 2.92. The number of phenolic OH excluding ortho intramolecular Hbond substituents is 4. The maximum absolute atomic E-state index is 13.1. The molecule has 1 aromatic heterocycles. The monoisotopic (exact) mass is 576 g/mol. The van der Waals surface area contributed by atoms with Gasteiger partial charge in [0.1, 0.15) is 71.0 Å². The standard InChI is InChI=1S/C27H28O14/c1-8-20(33)23(36)26(41-27-24(37)22(35)19(32)9(2)39-27)25(38-8)18-14(31)7-16-17(21(18)34)13(30)6-15(40-16)10-3-4-11(28)12(29)5-10/h3-9,19,22-29,31-32,34-37H,1-2H3/t8-,9+,19+,22-,23+,24-,25+,26-,27+/m1/s1. The number of Topliss-reactive ketones (excluding diaryl/α,β-unsaturated/α-hetero) is 1. The minimum atomic E-state index is -1.92. The number of ketones is 1. The van der Waals surface area contributed by atoms with Gasteiger partial charge in [0.25, 0.3) is 0 Å². The summed E-state index contributed by atoms with van der Waals surface area (Å²) in [5.41, 5.74) is -1.28. The molecule has 41 heavy (non-hydrogen) atoms. The van der Waals surface area contributed by atoms with Crippen LogP contribution < -0.4 is 5.43 Å². The highest BCUT2D eigenvalue weighted by molar-refractivity contribution is 5.90. The third-order valence-corrected chi connectivity index (χ3v) is 7.31.